The van der Waals surface area contributed by atoms with Crippen LogP contribution < -0.4 is 5.32 Å². The SMILES string of the molecule is CNCCN(C)Cc1nn2c(c1[C@H]1CC[C@@]3(CCCCO3)CC1)CCC2. The summed E-state index contributed by atoms with van der Waals surface area (Å²) >= 11 is 0. The van der Waals surface area contributed by atoms with Gasteiger partial charge in [-0.2, -0.15) is 5.10 Å². The monoisotopic (exact) mass is 360 g/mol. The maximum Gasteiger partial charge on any atom is 0.0802 e. The van der Waals surface area contributed by atoms with E-state index in [1.165, 1.54) is 63.5 Å². The van der Waals surface area contributed by atoms with Crippen molar-refractivity contribution in [3.8, 4) is 0 Å². The highest BCUT2D eigenvalue weighted by Crippen LogP contribution is 2.46. The summed E-state index contributed by atoms with van der Waals surface area (Å²) in [6.07, 6.45) is 11.4. The number of aryl methyl sites for hydroxylation is 1. The first-order valence-electron chi connectivity index (χ1n) is 10.8. The average Bonchev–Trinajstić information content (AvgIpc) is 3.23. The van der Waals surface area contributed by atoms with E-state index in [1.807, 2.05) is 7.05 Å². The summed E-state index contributed by atoms with van der Waals surface area (Å²) in [6.45, 7) is 5.18. The molecule has 4 rings (SSSR count). The molecule has 0 amide bonds. The minimum atomic E-state index is 0.217. The van der Waals surface area contributed by atoms with Crippen molar-refractivity contribution in [1.29, 1.82) is 0 Å². The van der Waals surface area contributed by atoms with Crippen LogP contribution in [0.3, 0.4) is 0 Å². The van der Waals surface area contributed by atoms with E-state index in [4.69, 9.17) is 9.84 Å². The molecule has 1 aliphatic carbocycles. The van der Waals surface area contributed by atoms with Crippen molar-refractivity contribution in [3.63, 3.8) is 0 Å². The molecule has 146 valence electrons. The molecule has 3 aliphatic rings. The summed E-state index contributed by atoms with van der Waals surface area (Å²) in [5.74, 6) is 0.695. The highest BCUT2D eigenvalue weighted by molar-refractivity contribution is 5.33. The lowest BCUT2D eigenvalue weighted by Crippen LogP contribution is -2.39. The van der Waals surface area contributed by atoms with E-state index in [-0.39, 0.29) is 5.60 Å². The second kappa shape index (κ2) is 7.99. The Balaban J connectivity index is 1.48. The third-order valence-electron chi connectivity index (χ3n) is 6.86. The Kier molecular flexibility index (Phi) is 5.67. The molecular formula is C21H36N4O. The van der Waals surface area contributed by atoms with Crippen LogP contribution in [0.25, 0.3) is 0 Å². The molecule has 0 radical (unpaired) electrons. The normalized spacial score (nSPS) is 28.8. The van der Waals surface area contributed by atoms with Crippen LogP contribution in [0, 0.1) is 0 Å². The third kappa shape index (κ3) is 3.71. The van der Waals surface area contributed by atoms with Crippen LogP contribution in [-0.4, -0.2) is 54.1 Å². The summed E-state index contributed by atoms with van der Waals surface area (Å²) in [7, 11) is 4.24. The lowest BCUT2D eigenvalue weighted by molar-refractivity contribution is -0.102. The zero-order valence-corrected chi connectivity index (χ0v) is 16.7. The first-order valence-corrected chi connectivity index (χ1v) is 10.8. The summed E-state index contributed by atoms with van der Waals surface area (Å²) in [6, 6.07) is 0. The molecule has 5 heteroatoms. The van der Waals surface area contributed by atoms with E-state index in [2.05, 4.69) is 21.9 Å². The van der Waals surface area contributed by atoms with Crippen molar-refractivity contribution in [1.82, 2.24) is 20.0 Å². The maximum atomic E-state index is 6.27. The number of hydrogen-bond donors (Lipinski definition) is 1. The highest BCUT2D eigenvalue weighted by Gasteiger charge is 2.39. The Morgan fingerprint density at radius 2 is 2.08 bits per heavy atom. The van der Waals surface area contributed by atoms with Crippen molar-refractivity contribution in [3.05, 3.63) is 17.0 Å². The minimum Gasteiger partial charge on any atom is -0.375 e. The van der Waals surface area contributed by atoms with Gasteiger partial charge in [0.15, 0.2) is 0 Å². The fourth-order valence-electron chi connectivity index (χ4n) is 5.37. The van der Waals surface area contributed by atoms with Gasteiger partial charge in [0.25, 0.3) is 0 Å². The molecule has 1 saturated heterocycles. The molecule has 3 heterocycles. The number of hydrogen-bond acceptors (Lipinski definition) is 4. The van der Waals surface area contributed by atoms with E-state index in [1.54, 1.807) is 11.3 Å². The van der Waals surface area contributed by atoms with E-state index in [0.717, 1.165) is 32.8 Å². The first-order chi connectivity index (χ1) is 12.7. The van der Waals surface area contributed by atoms with Crippen LogP contribution >= 0.6 is 0 Å². The summed E-state index contributed by atoms with van der Waals surface area (Å²) in [5.41, 5.74) is 4.73. The molecule has 1 aromatic heterocycles. The Labute approximate surface area is 158 Å². The lowest BCUT2D eigenvalue weighted by atomic mass is 9.72. The lowest BCUT2D eigenvalue weighted by Gasteiger charge is -2.43. The molecule has 5 nitrogen and oxygen atoms in total. The predicted molar refractivity (Wildman–Crippen MR) is 105 cm³/mol. The van der Waals surface area contributed by atoms with Crippen molar-refractivity contribution in [2.45, 2.75) is 82.4 Å². The van der Waals surface area contributed by atoms with Crippen molar-refractivity contribution in [2.75, 3.05) is 33.8 Å². The quantitative estimate of drug-likeness (QED) is 0.847. The molecule has 2 fully saturated rings. The van der Waals surface area contributed by atoms with Gasteiger partial charge in [0.1, 0.15) is 0 Å². The van der Waals surface area contributed by atoms with Gasteiger partial charge < -0.3 is 10.1 Å². The van der Waals surface area contributed by atoms with Gasteiger partial charge in [0.05, 0.1) is 11.3 Å². The van der Waals surface area contributed by atoms with E-state index >= 15 is 0 Å². The number of nitrogens with one attached hydrogen (secondary N) is 1. The zero-order chi connectivity index (χ0) is 18.0. The Morgan fingerprint density at radius 3 is 2.81 bits per heavy atom. The molecule has 1 saturated carbocycles. The van der Waals surface area contributed by atoms with Gasteiger partial charge in [0.2, 0.25) is 0 Å². The largest absolute Gasteiger partial charge is 0.375 e. The Bertz CT molecular complexity index is 595. The van der Waals surface area contributed by atoms with Crippen molar-refractivity contribution >= 4 is 0 Å². The molecule has 0 bridgehead atoms. The van der Waals surface area contributed by atoms with Gasteiger partial charge in [-0.1, -0.05) is 0 Å². The fraction of sp³-hybridized carbons (Fsp3) is 0.857. The van der Waals surface area contributed by atoms with E-state index in [0.29, 0.717) is 5.92 Å². The summed E-state index contributed by atoms with van der Waals surface area (Å²) < 4.78 is 8.59. The fourth-order valence-corrected chi connectivity index (χ4v) is 5.37. The van der Waals surface area contributed by atoms with E-state index < -0.39 is 0 Å². The maximum absolute atomic E-state index is 6.27. The number of ether oxygens (including phenoxy) is 1. The molecule has 1 spiro atoms. The number of aromatic nitrogens is 2. The number of rotatable bonds is 6. The van der Waals surface area contributed by atoms with Crippen molar-refractivity contribution in [2.24, 2.45) is 0 Å². The smallest absolute Gasteiger partial charge is 0.0802 e. The third-order valence-corrected chi connectivity index (χ3v) is 6.86. The number of fused-ring (bicyclic) bond motifs is 1. The van der Waals surface area contributed by atoms with Crippen LogP contribution in [0.1, 0.15) is 74.2 Å². The average molecular weight is 361 g/mol. The first kappa shape index (κ1) is 18.5. The van der Waals surface area contributed by atoms with Crippen LogP contribution in [0.4, 0.5) is 0 Å². The van der Waals surface area contributed by atoms with Crippen LogP contribution in [-0.2, 0) is 24.2 Å². The molecule has 1 N–H and O–H groups in total. The summed E-state index contributed by atoms with van der Waals surface area (Å²) in [5, 5.41) is 8.29. The molecule has 1 aromatic rings. The van der Waals surface area contributed by atoms with Crippen LogP contribution in [0.15, 0.2) is 0 Å². The van der Waals surface area contributed by atoms with E-state index in [9.17, 15) is 0 Å². The molecular weight excluding hydrogens is 324 g/mol. The van der Waals surface area contributed by atoms with Gasteiger partial charge >= 0.3 is 0 Å². The molecule has 2 aliphatic heterocycles. The van der Waals surface area contributed by atoms with Crippen LogP contribution in [0.2, 0.25) is 0 Å². The minimum absolute atomic E-state index is 0.217. The molecule has 0 atom stereocenters. The second-order valence-electron chi connectivity index (χ2n) is 8.74. The Morgan fingerprint density at radius 1 is 1.23 bits per heavy atom. The number of likely N-dealkylation sites (N-methyl/N-ethyl adjacent to an activating group) is 2. The highest BCUT2D eigenvalue weighted by atomic mass is 16.5. The molecule has 0 aromatic carbocycles. The van der Waals surface area contributed by atoms with Gasteiger partial charge in [-0.3, -0.25) is 9.58 Å². The Hall–Kier alpha value is -0.910. The zero-order valence-electron chi connectivity index (χ0n) is 16.7. The summed E-state index contributed by atoms with van der Waals surface area (Å²) in [4.78, 5) is 2.41. The van der Waals surface area contributed by atoms with Gasteiger partial charge in [-0.25, -0.2) is 0 Å². The second-order valence-corrected chi connectivity index (χ2v) is 8.74. The van der Waals surface area contributed by atoms with Gasteiger partial charge in [-0.05, 0) is 77.8 Å². The van der Waals surface area contributed by atoms with Crippen LogP contribution in [0.5, 0.6) is 0 Å². The van der Waals surface area contributed by atoms with Gasteiger partial charge in [0, 0.05) is 44.0 Å². The molecule has 0 unspecified atom stereocenters. The van der Waals surface area contributed by atoms with Gasteiger partial charge in [-0.15, -0.1) is 0 Å². The standard InChI is InChI=1S/C21H36N4O/c1-22-12-14-24(2)16-18-20(19-6-5-13-25(19)23-18)17-7-10-21(11-8-17)9-3-4-15-26-21/h17,22H,3-16H2,1-2H3/t17-,21-. The molecule has 26 heavy (non-hydrogen) atoms. The topological polar surface area (TPSA) is 42.3 Å². The number of nitrogens with zero attached hydrogens (tertiary/aromatic N) is 3. The van der Waals surface area contributed by atoms with Crippen molar-refractivity contribution < 1.29 is 4.74 Å². The predicted octanol–water partition coefficient (Wildman–Crippen LogP) is 3.08.